The van der Waals surface area contributed by atoms with Gasteiger partial charge in [0.15, 0.2) is 5.82 Å². The van der Waals surface area contributed by atoms with Crippen molar-refractivity contribution in [2.24, 2.45) is 0 Å². The second-order valence-corrected chi connectivity index (χ2v) is 6.53. The van der Waals surface area contributed by atoms with E-state index in [0.29, 0.717) is 18.9 Å². The zero-order valence-corrected chi connectivity index (χ0v) is 13.9. The van der Waals surface area contributed by atoms with Crippen molar-refractivity contribution in [3.8, 4) is 5.75 Å². The number of fused-ring (bicyclic) bond motifs is 4. The fraction of sp³-hybridized carbons (Fsp3) is 0.158. The zero-order valence-electron chi connectivity index (χ0n) is 13.9. The number of aromatic nitrogens is 3. The maximum atomic E-state index is 12.7. The van der Waals surface area contributed by atoms with Crippen LogP contribution in [0.3, 0.4) is 0 Å². The van der Waals surface area contributed by atoms with E-state index in [1.54, 1.807) is 17.0 Å². The van der Waals surface area contributed by atoms with Gasteiger partial charge in [-0.05, 0) is 42.3 Å². The predicted octanol–water partition coefficient (Wildman–Crippen LogP) is 3.34. The largest absolute Gasteiger partial charge is 0.508 e. The van der Waals surface area contributed by atoms with Crippen molar-refractivity contribution in [1.29, 1.82) is 0 Å². The number of hydrogen-bond acceptors (Lipinski definition) is 3. The van der Waals surface area contributed by atoms with Crippen LogP contribution in [0.2, 0.25) is 0 Å². The molecule has 0 bridgehead atoms. The van der Waals surface area contributed by atoms with Gasteiger partial charge >= 0.3 is 6.03 Å². The molecule has 0 spiro atoms. The molecule has 7 heteroatoms. The van der Waals surface area contributed by atoms with Crippen LogP contribution in [0.4, 0.5) is 10.6 Å². The maximum Gasteiger partial charge on any atom is 0.323 e. The molecule has 1 aliphatic heterocycles. The van der Waals surface area contributed by atoms with Crippen molar-refractivity contribution in [1.82, 2.24) is 20.1 Å². The summed E-state index contributed by atoms with van der Waals surface area (Å²) >= 11 is 0. The molecule has 5 rings (SSSR count). The van der Waals surface area contributed by atoms with Crippen molar-refractivity contribution < 1.29 is 9.90 Å². The van der Waals surface area contributed by atoms with Gasteiger partial charge in [-0.2, -0.15) is 5.10 Å². The fourth-order valence-electron chi connectivity index (χ4n) is 3.64. The number of nitrogens with one attached hydrogen (secondary N) is 3. The molecular formula is C19H17N5O2. The molecule has 0 radical (unpaired) electrons. The van der Waals surface area contributed by atoms with E-state index in [4.69, 9.17) is 0 Å². The lowest BCUT2D eigenvalue weighted by Gasteiger charge is -2.27. The van der Waals surface area contributed by atoms with Crippen molar-refractivity contribution >= 4 is 33.7 Å². The Bertz CT molecular complexity index is 1140. The molecule has 2 amide bonds. The molecule has 0 atom stereocenters. The van der Waals surface area contributed by atoms with Gasteiger partial charge in [0.1, 0.15) is 5.75 Å². The van der Waals surface area contributed by atoms with E-state index < -0.39 is 0 Å². The van der Waals surface area contributed by atoms with Gasteiger partial charge in [-0.1, -0.05) is 12.1 Å². The molecule has 0 aliphatic carbocycles. The number of nitrogens with zero attached hydrogens (tertiary/aromatic N) is 2. The molecule has 2 aromatic carbocycles. The van der Waals surface area contributed by atoms with E-state index in [-0.39, 0.29) is 11.8 Å². The summed E-state index contributed by atoms with van der Waals surface area (Å²) in [6.45, 7) is 1.11. The Labute approximate surface area is 148 Å². The van der Waals surface area contributed by atoms with Crippen molar-refractivity contribution in [2.75, 3.05) is 11.9 Å². The quantitative estimate of drug-likeness (QED) is 0.425. The molecule has 4 N–H and O–H groups in total. The van der Waals surface area contributed by atoms with Gasteiger partial charge in [0.2, 0.25) is 0 Å². The third-order valence-electron chi connectivity index (χ3n) is 4.94. The fourth-order valence-corrected chi connectivity index (χ4v) is 3.64. The molecule has 130 valence electrons. The molecule has 0 fully saturated rings. The number of H-pyrrole nitrogens is 2. The Kier molecular flexibility index (Phi) is 3.15. The molecule has 1 aliphatic rings. The highest BCUT2D eigenvalue weighted by molar-refractivity contribution is 5.99. The summed E-state index contributed by atoms with van der Waals surface area (Å²) in [7, 11) is 0. The van der Waals surface area contributed by atoms with Gasteiger partial charge in [-0.3, -0.25) is 10.4 Å². The Morgan fingerprint density at radius 3 is 2.96 bits per heavy atom. The number of para-hydroxylation sites is 1. The predicted molar refractivity (Wildman–Crippen MR) is 99.2 cm³/mol. The second kappa shape index (κ2) is 5.52. The lowest BCUT2D eigenvalue weighted by Crippen LogP contribution is -2.38. The van der Waals surface area contributed by atoms with E-state index in [2.05, 4.69) is 20.5 Å². The number of rotatable bonds is 1. The standard InChI is InChI=1S/C19H17N5O2/c25-11-5-6-15-14(9-11)12-7-8-24(10-17(12)20-15)19(26)21-18-13-3-1-2-4-16(13)22-23-18/h1-6,9,20,25H,7-8,10H2,(H2,21,22,23,26). The molecule has 26 heavy (non-hydrogen) atoms. The minimum absolute atomic E-state index is 0.172. The maximum absolute atomic E-state index is 12.7. The van der Waals surface area contributed by atoms with Crippen molar-refractivity contribution in [2.45, 2.75) is 13.0 Å². The van der Waals surface area contributed by atoms with Gasteiger partial charge in [-0.15, -0.1) is 0 Å². The average Bonchev–Trinajstić information content (AvgIpc) is 3.22. The summed E-state index contributed by atoms with van der Waals surface area (Å²) in [5.41, 5.74) is 4.05. The van der Waals surface area contributed by atoms with Crippen LogP contribution in [0.5, 0.6) is 5.75 Å². The number of aromatic amines is 2. The van der Waals surface area contributed by atoms with Crippen LogP contribution >= 0.6 is 0 Å². The molecule has 3 heterocycles. The van der Waals surface area contributed by atoms with E-state index in [0.717, 1.165) is 33.9 Å². The summed E-state index contributed by atoms with van der Waals surface area (Å²) in [5, 5.41) is 21.7. The van der Waals surface area contributed by atoms with E-state index in [1.807, 2.05) is 30.3 Å². The van der Waals surface area contributed by atoms with Crippen LogP contribution in [0.25, 0.3) is 21.8 Å². The molecule has 7 nitrogen and oxygen atoms in total. The van der Waals surface area contributed by atoms with Gasteiger partial charge in [0.25, 0.3) is 0 Å². The molecule has 0 saturated carbocycles. The number of aromatic hydroxyl groups is 1. The third kappa shape index (κ3) is 2.28. The zero-order chi connectivity index (χ0) is 17.7. The topological polar surface area (TPSA) is 97.0 Å². The van der Waals surface area contributed by atoms with Gasteiger partial charge in [0.05, 0.1) is 12.1 Å². The highest BCUT2D eigenvalue weighted by Gasteiger charge is 2.24. The van der Waals surface area contributed by atoms with Gasteiger partial charge < -0.3 is 15.0 Å². The number of hydrogen-bond donors (Lipinski definition) is 4. The molecule has 2 aromatic heterocycles. The van der Waals surface area contributed by atoms with Crippen LogP contribution in [-0.2, 0) is 13.0 Å². The molecule has 0 unspecified atom stereocenters. The first-order valence-electron chi connectivity index (χ1n) is 8.50. The number of benzene rings is 2. The van der Waals surface area contributed by atoms with Crippen LogP contribution in [0.15, 0.2) is 42.5 Å². The Hall–Kier alpha value is -3.48. The number of carbonyl (C=O) groups is 1. The number of anilines is 1. The summed E-state index contributed by atoms with van der Waals surface area (Å²) in [6.07, 6.45) is 0.744. The average molecular weight is 347 g/mol. The monoisotopic (exact) mass is 347 g/mol. The molecule has 0 saturated heterocycles. The Morgan fingerprint density at radius 1 is 1.15 bits per heavy atom. The number of phenolic OH excluding ortho intramolecular Hbond substituents is 1. The minimum atomic E-state index is -0.172. The number of phenols is 1. The molecular weight excluding hydrogens is 330 g/mol. The van der Waals surface area contributed by atoms with Crippen LogP contribution in [0, 0.1) is 0 Å². The van der Waals surface area contributed by atoms with Crippen molar-refractivity contribution in [3.63, 3.8) is 0 Å². The van der Waals surface area contributed by atoms with Crippen LogP contribution < -0.4 is 5.32 Å². The first-order valence-corrected chi connectivity index (χ1v) is 8.50. The lowest BCUT2D eigenvalue weighted by molar-refractivity contribution is 0.206. The number of urea groups is 1. The van der Waals surface area contributed by atoms with Gasteiger partial charge in [-0.25, -0.2) is 4.79 Å². The smallest absolute Gasteiger partial charge is 0.323 e. The summed E-state index contributed by atoms with van der Waals surface area (Å²) < 4.78 is 0. The minimum Gasteiger partial charge on any atom is -0.508 e. The first kappa shape index (κ1) is 14.8. The van der Waals surface area contributed by atoms with Crippen molar-refractivity contribution in [3.05, 3.63) is 53.7 Å². The van der Waals surface area contributed by atoms with E-state index in [9.17, 15) is 9.90 Å². The Balaban J connectivity index is 1.40. The lowest BCUT2D eigenvalue weighted by atomic mass is 10.0. The van der Waals surface area contributed by atoms with E-state index >= 15 is 0 Å². The summed E-state index contributed by atoms with van der Waals surface area (Å²) in [5.74, 6) is 0.794. The highest BCUT2D eigenvalue weighted by Crippen LogP contribution is 2.30. The van der Waals surface area contributed by atoms with Crippen LogP contribution in [-0.4, -0.2) is 37.8 Å². The number of amides is 2. The summed E-state index contributed by atoms with van der Waals surface area (Å²) in [6, 6.07) is 12.8. The Morgan fingerprint density at radius 2 is 2.04 bits per heavy atom. The first-order chi connectivity index (χ1) is 12.7. The highest BCUT2D eigenvalue weighted by atomic mass is 16.3. The summed E-state index contributed by atoms with van der Waals surface area (Å²) in [4.78, 5) is 17.8. The SMILES string of the molecule is O=C(Nc1n[nH]c2ccccc12)N1CCc2c([nH]c3ccc(O)cc23)C1. The second-order valence-electron chi connectivity index (χ2n) is 6.53. The third-order valence-corrected chi connectivity index (χ3v) is 4.94. The number of carbonyl (C=O) groups excluding carboxylic acids is 1. The van der Waals surface area contributed by atoms with E-state index in [1.165, 1.54) is 5.56 Å². The van der Waals surface area contributed by atoms with Gasteiger partial charge in [0, 0.05) is 28.5 Å². The van der Waals surface area contributed by atoms with Crippen LogP contribution in [0.1, 0.15) is 11.3 Å². The molecule has 4 aromatic rings. The normalized spacial score (nSPS) is 13.9.